The fourth-order valence-corrected chi connectivity index (χ4v) is 4.40. The van der Waals surface area contributed by atoms with Gasteiger partial charge in [-0.2, -0.15) is 5.10 Å². The van der Waals surface area contributed by atoms with Crippen molar-refractivity contribution in [2.45, 2.75) is 31.8 Å². The average molecular weight is 484 g/mol. The Morgan fingerprint density at radius 1 is 1.17 bits per heavy atom. The molecule has 0 saturated carbocycles. The van der Waals surface area contributed by atoms with Crippen molar-refractivity contribution >= 4 is 5.97 Å². The van der Waals surface area contributed by atoms with Gasteiger partial charge in [0.05, 0.1) is 46.4 Å². The number of esters is 1. The van der Waals surface area contributed by atoms with Gasteiger partial charge in [0, 0.05) is 38.0 Å². The molecule has 0 radical (unpaired) electrons. The highest BCUT2D eigenvalue weighted by Crippen LogP contribution is 2.35. The summed E-state index contributed by atoms with van der Waals surface area (Å²) in [6.45, 7) is 1.73. The summed E-state index contributed by atoms with van der Waals surface area (Å²) in [5.41, 5.74) is 2.35. The van der Waals surface area contributed by atoms with Crippen LogP contribution in [0.2, 0.25) is 0 Å². The minimum absolute atomic E-state index is 0.0229. The largest absolute Gasteiger partial charge is 0.502 e. The van der Waals surface area contributed by atoms with Crippen LogP contribution >= 0.6 is 0 Å². The lowest BCUT2D eigenvalue weighted by Crippen LogP contribution is -2.30. The average Bonchev–Trinajstić information content (AvgIpc) is 3.29. The topological polar surface area (TPSA) is 116 Å². The zero-order valence-corrected chi connectivity index (χ0v) is 20.2. The number of methoxy groups -OCH3 is 3. The summed E-state index contributed by atoms with van der Waals surface area (Å²) in [5, 5.41) is 14.7. The molecule has 10 heteroatoms. The maximum absolute atomic E-state index is 12.7. The number of fused-ring (bicyclic) bond motifs is 1. The Morgan fingerprint density at radius 3 is 2.51 bits per heavy atom. The van der Waals surface area contributed by atoms with E-state index in [0.29, 0.717) is 35.9 Å². The fourth-order valence-electron chi connectivity index (χ4n) is 4.40. The van der Waals surface area contributed by atoms with Gasteiger partial charge in [-0.3, -0.25) is 19.2 Å². The van der Waals surface area contributed by atoms with Crippen LogP contribution in [0, 0.1) is 0 Å². The zero-order valence-electron chi connectivity index (χ0n) is 20.2. The minimum atomic E-state index is -0.720. The Balaban J connectivity index is 1.63. The lowest BCUT2D eigenvalue weighted by Gasteiger charge is -2.29. The summed E-state index contributed by atoms with van der Waals surface area (Å²) in [7, 11) is 6.24. The predicted molar refractivity (Wildman–Crippen MR) is 126 cm³/mol. The number of hydrogen-bond donors (Lipinski definition) is 1. The number of carbonyl (C=O) groups is 1. The molecule has 4 rings (SSSR count). The predicted octanol–water partition coefficient (Wildman–Crippen LogP) is 2.35. The van der Waals surface area contributed by atoms with Crippen molar-refractivity contribution in [2.75, 3.05) is 27.9 Å². The monoisotopic (exact) mass is 483 g/mol. The van der Waals surface area contributed by atoms with Crippen molar-refractivity contribution < 1.29 is 28.5 Å². The summed E-state index contributed by atoms with van der Waals surface area (Å²) in [4.78, 5) is 26.9. The van der Waals surface area contributed by atoms with Gasteiger partial charge < -0.3 is 23.7 Å². The van der Waals surface area contributed by atoms with Crippen LogP contribution in [0.1, 0.15) is 40.5 Å². The van der Waals surface area contributed by atoms with Gasteiger partial charge in [-0.05, 0) is 29.7 Å². The second-order valence-corrected chi connectivity index (χ2v) is 8.51. The lowest BCUT2D eigenvalue weighted by atomic mass is 9.94. The molecule has 0 amide bonds. The maximum Gasteiger partial charge on any atom is 0.306 e. The Bertz CT molecular complexity index is 1280. The van der Waals surface area contributed by atoms with E-state index in [0.717, 1.165) is 18.5 Å². The third-order valence-electron chi connectivity index (χ3n) is 6.22. The molecule has 0 unspecified atom stereocenters. The molecule has 35 heavy (non-hydrogen) atoms. The number of aryl methyl sites for hydroxylation is 1. The van der Waals surface area contributed by atoms with Crippen molar-refractivity contribution in [3.8, 4) is 17.2 Å². The van der Waals surface area contributed by atoms with Gasteiger partial charge in [-0.25, -0.2) is 0 Å². The maximum atomic E-state index is 12.7. The van der Waals surface area contributed by atoms with Crippen LogP contribution in [0.3, 0.4) is 0 Å². The van der Waals surface area contributed by atoms with E-state index in [4.69, 9.17) is 18.6 Å². The number of hydrogen-bond acceptors (Lipinski definition) is 9. The summed E-state index contributed by atoms with van der Waals surface area (Å²) in [6.07, 6.45) is 3.97. The molecule has 0 bridgehead atoms. The molecule has 0 spiro atoms. The van der Waals surface area contributed by atoms with Gasteiger partial charge >= 0.3 is 5.97 Å². The van der Waals surface area contributed by atoms with Gasteiger partial charge in [-0.15, -0.1) is 0 Å². The molecule has 3 aromatic rings. The second kappa shape index (κ2) is 10.2. The van der Waals surface area contributed by atoms with E-state index in [1.54, 1.807) is 38.3 Å². The quantitative estimate of drug-likeness (QED) is 0.482. The normalized spacial score (nSPS) is 14.3. The van der Waals surface area contributed by atoms with Crippen LogP contribution in [0.15, 0.2) is 39.8 Å². The molecule has 1 atom stereocenters. The Hall–Kier alpha value is -3.79. The first kappa shape index (κ1) is 24.3. The van der Waals surface area contributed by atoms with Crippen LogP contribution in [0.4, 0.5) is 0 Å². The number of aromatic nitrogens is 2. The number of aromatic hydroxyl groups is 1. The first-order valence-corrected chi connectivity index (χ1v) is 11.2. The fraction of sp³-hybridized carbons (Fsp3) is 0.400. The van der Waals surface area contributed by atoms with Crippen molar-refractivity contribution in [2.24, 2.45) is 7.05 Å². The standard InChI is InChI=1S/C25H29N3O7/c1-27-12-17(11-26-27)19(10-23(30)34-4)25-24(31)20(29)9-18(35-25)14-28-6-5-15-7-21(32-2)22(33-3)8-16(15)13-28/h7-9,11-12,19,31H,5-6,10,13-14H2,1-4H3/t19-/m1/s1. The molecule has 1 aliphatic rings. The Morgan fingerprint density at radius 2 is 1.89 bits per heavy atom. The molecule has 1 N–H and O–H groups in total. The smallest absolute Gasteiger partial charge is 0.306 e. The second-order valence-electron chi connectivity index (χ2n) is 8.51. The zero-order chi connectivity index (χ0) is 25.1. The summed E-state index contributed by atoms with van der Waals surface area (Å²) < 4.78 is 23.3. The lowest BCUT2D eigenvalue weighted by molar-refractivity contribution is -0.140. The van der Waals surface area contributed by atoms with Crippen molar-refractivity contribution in [3.63, 3.8) is 0 Å². The van der Waals surface area contributed by atoms with E-state index in [9.17, 15) is 14.7 Å². The van der Waals surface area contributed by atoms with E-state index in [-0.39, 0.29) is 12.2 Å². The van der Waals surface area contributed by atoms with Crippen LogP contribution in [0.25, 0.3) is 0 Å². The highest BCUT2D eigenvalue weighted by Gasteiger charge is 2.28. The van der Waals surface area contributed by atoms with Crippen molar-refractivity contribution in [1.82, 2.24) is 14.7 Å². The molecule has 1 aromatic carbocycles. The molecule has 0 aliphatic carbocycles. The number of benzene rings is 1. The van der Waals surface area contributed by atoms with E-state index in [1.807, 2.05) is 12.1 Å². The molecule has 0 saturated heterocycles. The van der Waals surface area contributed by atoms with Crippen LogP contribution in [0.5, 0.6) is 17.2 Å². The molecule has 0 fully saturated rings. The SMILES string of the molecule is COC(=O)C[C@H](c1cnn(C)c1)c1oc(CN2CCc3cc(OC)c(OC)cc3C2)cc(=O)c1O. The highest BCUT2D eigenvalue weighted by atomic mass is 16.5. The van der Waals surface area contributed by atoms with E-state index in [1.165, 1.54) is 18.7 Å². The Labute approximate surface area is 202 Å². The minimum Gasteiger partial charge on any atom is -0.502 e. The summed E-state index contributed by atoms with van der Waals surface area (Å²) in [6, 6.07) is 5.25. The van der Waals surface area contributed by atoms with Gasteiger partial charge in [0.1, 0.15) is 5.76 Å². The first-order chi connectivity index (χ1) is 16.8. The van der Waals surface area contributed by atoms with Gasteiger partial charge in [0.15, 0.2) is 17.3 Å². The Kier molecular flexibility index (Phi) is 7.11. The summed E-state index contributed by atoms with van der Waals surface area (Å²) >= 11 is 0. The van der Waals surface area contributed by atoms with Crippen molar-refractivity contribution in [1.29, 1.82) is 0 Å². The first-order valence-electron chi connectivity index (χ1n) is 11.2. The third-order valence-corrected chi connectivity index (χ3v) is 6.22. The van der Waals surface area contributed by atoms with Crippen molar-refractivity contribution in [3.05, 3.63) is 69.0 Å². The van der Waals surface area contributed by atoms with Crippen LogP contribution in [-0.2, 0) is 36.1 Å². The molecule has 186 valence electrons. The van der Waals surface area contributed by atoms with E-state index < -0.39 is 23.1 Å². The molecule has 3 heterocycles. The molecule has 10 nitrogen and oxygen atoms in total. The van der Waals surface area contributed by atoms with E-state index >= 15 is 0 Å². The highest BCUT2D eigenvalue weighted by molar-refractivity contribution is 5.71. The molecule has 1 aliphatic heterocycles. The van der Waals surface area contributed by atoms with Gasteiger partial charge in [-0.1, -0.05) is 0 Å². The number of nitrogens with zero attached hydrogens (tertiary/aromatic N) is 3. The summed E-state index contributed by atoms with van der Waals surface area (Å²) in [5.74, 6) is 0.0352. The molecular formula is C25H29N3O7. The van der Waals surface area contributed by atoms with Crippen LogP contribution in [-0.4, -0.2) is 53.6 Å². The number of carbonyl (C=O) groups excluding carboxylic acids is 1. The van der Waals surface area contributed by atoms with Gasteiger partial charge in [0.2, 0.25) is 11.2 Å². The number of ether oxygens (including phenoxy) is 3. The number of rotatable bonds is 8. The van der Waals surface area contributed by atoms with Crippen LogP contribution < -0.4 is 14.9 Å². The van der Waals surface area contributed by atoms with E-state index in [2.05, 4.69) is 10.00 Å². The third kappa shape index (κ3) is 5.17. The molecule has 2 aromatic heterocycles. The van der Waals surface area contributed by atoms with Gasteiger partial charge in [0.25, 0.3) is 0 Å². The molecular weight excluding hydrogens is 454 g/mol.